The molecule has 1 aliphatic carbocycles. The zero-order chi connectivity index (χ0) is 24.2. The molecule has 176 valence electrons. The number of aromatic nitrogens is 2. The van der Waals surface area contributed by atoms with Gasteiger partial charge in [0.05, 0.1) is 23.8 Å². The number of nitrogens with zero attached hydrogens (tertiary/aromatic N) is 2. The number of likely N-dealkylation sites (N-methyl/N-ethyl adjacent to an activating group) is 1. The van der Waals surface area contributed by atoms with E-state index < -0.39 is 0 Å². The number of nitrogens with one attached hydrogen (secondary N) is 2. The topological polar surface area (TPSA) is 70.2 Å². The van der Waals surface area contributed by atoms with Crippen LogP contribution < -0.4 is 15.0 Å². The molecule has 0 fully saturated rings. The quantitative estimate of drug-likeness (QED) is 0.361. The largest absolute Gasteiger partial charge is 0.490 e. The zero-order valence-electron chi connectivity index (χ0n) is 19.8. The third-order valence-corrected chi connectivity index (χ3v) is 7.30. The first kappa shape index (κ1) is 20.8. The maximum absolute atomic E-state index is 13.5. The standard InChI is InChI=1S/C30H24N4O2/c1-34-15-16-36-26-17-18(9-10-25(26)34)19-7-4-8-24-27(19)20-5-2-3-6-21(20)28(24)33-30(35)23-12-14-32-29-22(23)11-13-31-29/h2-14,17,28H,15-16H2,1H3,(H,31,32)(H,33,35). The van der Waals surface area contributed by atoms with Crippen LogP contribution in [0.3, 0.4) is 0 Å². The van der Waals surface area contributed by atoms with E-state index in [-0.39, 0.29) is 11.9 Å². The number of pyridine rings is 1. The molecule has 2 aliphatic rings. The minimum atomic E-state index is -0.245. The molecular formula is C30H24N4O2. The van der Waals surface area contributed by atoms with Gasteiger partial charge in [0.1, 0.15) is 18.0 Å². The Morgan fingerprint density at radius 2 is 1.89 bits per heavy atom. The number of hydrogen-bond donors (Lipinski definition) is 2. The van der Waals surface area contributed by atoms with Crippen LogP contribution in [-0.4, -0.2) is 36.1 Å². The Bertz CT molecular complexity index is 1650. The molecule has 2 N–H and O–H groups in total. The van der Waals surface area contributed by atoms with Gasteiger partial charge in [-0.3, -0.25) is 4.79 Å². The van der Waals surface area contributed by atoms with E-state index in [0.29, 0.717) is 17.8 Å². The van der Waals surface area contributed by atoms with Crippen molar-refractivity contribution in [2.45, 2.75) is 6.04 Å². The summed E-state index contributed by atoms with van der Waals surface area (Å²) in [5.74, 6) is 0.786. The molecule has 1 atom stereocenters. The summed E-state index contributed by atoms with van der Waals surface area (Å²) in [4.78, 5) is 23.1. The highest BCUT2D eigenvalue weighted by atomic mass is 16.5. The van der Waals surface area contributed by atoms with Crippen molar-refractivity contribution in [3.8, 4) is 28.0 Å². The minimum Gasteiger partial charge on any atom is -0.490 e. The highest BCUT2D eigenvalue weighted by molar-refractivity contribution is 6.06. The van der Waals surface area contributed by atoms with Gasteiger partial charge in [0.2, 0.25) is 0 Å². The van der Waals surface area contributed by atoms with Crippen LogP contribution in [0.5, 0.6) is 5.75 Å². The molecule has 6 nitrogen and oxygen atoms in total. The second-order valence-corrected chi connectivity index (χ2v) is 9.31. The molecule has 0 spiro atoms. The molecular weight excluding hydrogens is 448 g/mol. The van der Waals surface area contributed by atoms with Gasteiger partial charge in [0.15, 0.2) is 0 Å². The number of amides is 1. The summed E-state index contributed by atoms with van der Waals surface area (Å²) in [6.07, 6.45) is 3.47. The second kappa shape index (κ2) is 7.99. The fourth-order valence-corrected chi connectivity index (χ4v) is 5.54. The summed E-state index contributed by atoms with van der Waals surface area (Å²) in [5, 5.41) is 4.13. The number of fused-ring (bicyclic) bond motifs is 5. The Kier molecular flexibility index (Phi) is 4.61. The molecule has 1 aliphatic heterocycles. The lowest BCUT2D eigenvalue weighted by Gasteiger charge is -2.28. The number of carbonyl (C=O) groups is 1. The van der Waals surface area contributed by atoms with Crippen molar-refractivity contribution < 1.29 is 9.53 Å². The van der Waals surface area contributed by atoms with Gasteiger partial charge in [-0.25, -0.2) is 4.98 Å². The number of rotatable bonds is 3. The number of anilines is 1. The van der Waals surface area contributed by atoms with Gasteiger partial charge in [-0.1, -0.05) is 48.5 Å². The fourth-order valence-electron chi connectivity index (χ4n) is 5.54. The van der Waals surface area contributed by atoms with Crippen molar-refractivity contribution in [1.29, 1.82) is 0 Å². The number of H-pyrrole nitrogens is 1. The molecule has 5 aromatic rings. The predicted octanol–water partition coefficient (Wildman–Crippen LogP) is 5.56. The highest BCUT2D eigenvalue weighted by Gasteiger charge is 2.32. The Balaban J connectivity index is 1.33. The molecule has 1 amide bonds. The van der Waals surface area contributed by atoms with Crippen molar-refractivity contribution >= 4 is 22.6 Å². The SMILES string of the molecule is CN1CCOc2cc(-c3cccc4c3-c3ccccc3C4NC(=O)c3ccnc4[nH]ccc34)ccc21. The molecule has 3 heterocycles. The van der Waals surface area contributed by atoms with E-state index in [2.05, 4.69) is 81.8 Å². The van der Waals surface area contributed by atoms with E-state index in [9.17, 15) is 4.79 Å². The number of benzene rings is 3. The lowest BCUT2D eigenvalue weighted by atomic mass is 9.93. The molecule has 1 unspecified atom stereocenters. The van der Waals surface area contributed by atoms with E-state index in [1.165, 1.54) is 0 Å². The van der Waals surface area contributed by atoms with Gasteiger partial charge in [-0.2, -0.15) is 0 Å². The first-order valence-corrected chi connectivity index (χ1v) is 12.1. The molecule has 0 saturated heterocycles. The van der Waals surface area contributed by atoms with Crippen molar-refractivity contribution in [2.75, 3.05) is 25.1 Å². The zero-order valence-corrected chi connectivity index (χ0v) is 19.8. The summed E-state index contributed by atoms with van der Waals surface area (Å²) >= 11 is 0. The molecule has 36 heavy (non-hydrogen) atoms. The minimum absolute atomic E-state index is 0.120. The Hall–Kier alpha value is -4.58. The van der Waals surface area contributed by atoms with Crippen molar-refractivity contribution in [1.82, 2.24) is 15.3 Å². The molecule has 3 aromatic carbocycles. The van der Waals surface area contributed by atoms with Crippen LogP contribution in [0.1, 0.15) is 27.5 Å². The van der Waals surface area contributed by atoms with E-state index in [1.807, 2.05) is 12.1 Å². The smallest absolute Gasteiger partial charge is 0.252 e. The van der Waals surface area contributed by atoms with E-state index >= 15 is 0 Å². The van der Waals surface area contributed by atoms with Gasteiger partial charge >= 0.3 is 0 Å². The molecule has 0 bridgehead atoms. The molecule has 2 aromatic heterocycles. The highest BCUT2D eigenvalue weighted by Crippen LogP contribution is 2.49. The normalized spacial score (nSPS) is 15.7. The third-order valence-electron chi connectivity index (χ3n) is 7.30. The lowest BCUT2D eigenvalue weighted by Crippen LogP contribution is -2.28. The van der Waals surface area contributed by atoms with Gasteiger partial charge in [-0.15, -0.1) is 0 Å². The maximum atomic E-state index is 13.5. The number of ether oxygens (including phenoxy) is 1. The molecule has 0 saturated carbocycles. The third kappa shape index (κ3) is 3.11. The van der Waals surface area contributed by atoms with E-state index in [1.54, 1.807) is 18.5 Å². The Morgan fingerprint density at radius 1 is 1.03 bits per heavy atom. The average Bonchev–Trinajstić information content (AvgIpc) is 3.52. The number of hydrogen-bond acceptors (Lipinski definition) is 4. The Labute approximate surface area is 208 Å². The van der Waals surface area contributed by atoms with Crippen molar-refractivity contribution in [3.05, 3.63) is 102 Å². The number of aromatic amines is 1. The Morgan fingerprint density at radius 3 is 2.83 bits per heavy atom. The van der Waals surface area contributed by atoms with E-state index in [4.69, 9.17) is 4.74 Å². The van der Waals surface area contributed by atoms with Crippen molar-refractivity contribution in [2.24, 2.45) is 0 Å². The monoisotopic (exact) mass is 472 g/mol. The van der Waals surface area contributed by atoms with Gasteiger partial charge in [-0.05, 0) is 57.6 Å². The molecule has 6 heteroatoms. The summed E-state index contributed by atoms with van der Waals surface area (Å²) < 4.78 is 5.99. The van der Waals surface area contributed by atoms with Crippen LogP contribution in [0.4, 0.5) is 5.69 Å². The van der Waals surface area contributed by atoms with Crippen LogP contribution in [0.15, 0.2) is 85.2 Å². The summed E-state index contributed by atoms with van der Waals surface area (Å²) in [6, 6.07) is 24.5. The van der Waals surface area contributed by atoms with Gasteiger partial charge < -0.3 is 19.9 Å². The second-order valence-electron chi connectivity index (χ2n) is 9.31. The van der Waals surface area contributed by atoms with Crippen LogP contribution in [0, 0.1) is 0 Å². The summed E-state index contributed by atoms with van der Waals surface area (Å²) in [7, 11) is 2.09. The number of carbonyl (C=O) groups excluding carboxylic acids is 1. The first-order valence-electron chi connectivity index (χ1n) is 12.1. The molecule has 7 rings (SSSR count). The fraction of sp³-hybridized carbons (Fsp3) is 0.133. The molecule has 0 radical (unpaired) electrons. The first-order chi connectivity index (χ1) is 17.7. The van der Waals surface area contributed by atoms with Crippen LogP contribution in [0.2, 0.25) is 0 Å². The van der Waals surface area contributed by atoms with Gasteiger partial charge in [0, 0.05) is 24.8 Å². The summed E-state index contributed by atoms with van der Waals surface area (Å²) in [5.41, 5.74) is 9.15. The predicted molar refractivity (Wildman–Crippen MR) is 141 cm³/mol. The van der Waals surface area contributed by atoms with Crippen LogP contribution >= 0.6 is 0 Å². The average molecular weight is 473 g/mol. The van der Waals surface area contributed by atoms with Crippen molar-refractivity contribution in [3.63, 3.8) is 0 Å². The summed E-state index contributed by atoms with van der Waals surface area (Å²) in [6.45, 7) is 1.56. The maximum Gasteiger partial charge on any atom is 0.252 e. The lowest BCUT2D eigenvalue weighted by molar-refractivity contribution is 0.0945. The van der Waals surface area contributed by atoms with E-state index in [0.717, 1.165) is 56.7 Å². The van der Waals surface area contributed by atoms with Crippen LogP contribution in [-0.2, 0) is 0 Å². The van der Waals surface area contributed by atoms with Crippen LogP contribution in [0.25, 0.3) is 33.3 Å². The van der Waals surface area contributed by atoms with Gasteiger partial charge in [0.25, 0.3) is 5.91 Å².